The fourth-order valence-electron chi connectivity index (χ4n) is 3.96. The zero-order valence-corrected chi connectivity index (χ0v) is 15.5. The first-order valence-corrected chi connectivity index (χ1v) is 9.58. The number of carbonyl (C=O) groups excluding carboxylic acids is 1. The molecule has 6 heteroatoms. The molecule has 0 bridgehead atoms. The van der Waals surface area contributed by atoms with E-state index >= 15 is 0 Å². The molecule has 0 unspecified atom stereocenters. The van der Waals surface area contributed by atoms with E-state index in [0.29, 0.717) is 36.0 Å². The predicted molar refractivity (Wildman–Crippen MR) is 109 cm³/mol. The highest BCUT2D eigenvalue weighted by molar-refractivity contribution is 6.07. The summed E-state index contributed by atoms with van der Waals surface area (Å²) in [6, 6.07) is 11.3. The smallest absolute Gasteiger partial charge is 0.352 e. The molecule has 0 saturated heterocycles. The normalized spacial score (nSPS) is 12.9. The Labute approximate surface area is 162 Å². The lowest BCUT2D eigenvalue weighted by atomic mass is 10.0. The van der Waals surface area contributed by atoms with Gasteiger partial charge in [0.2, 0.25) is 0 Å². The standard InChI is InChI=1S/C22H23N3O3/c23-10-2-5-17-18-12-15(7-9-19(18)25-20(17)22(27)28)21(26)24-16-8-6-13-3-1-4-14(13)11-16/h6-9,11-12,25H,1-5,10,23H2,(H,24,26)(H,27,28). The SMILES string of the molecule is NCCCc1c(C(=O)O)[nH]c2ccc(C(=O)Nc3ccc4c(c3)CCC4)cc12. The van der Waals surface area contributed by atoms with E-state index in [0.717, 1.165) is 30.3 Å². The van der Waals surface area contributed by atoms with E-state index in [2.05, 4.69) is 16.4 Å². The second-order valence-corrected chi connectivity index (χ2v) is 7.23. The van der Waals surface area contributed by atoms with Gasteiger partial charge in [0.05, 0.1) is 0 Å². The fourth-order valence-corrected chi connectivity index (χ4v) is 3.96. The summed E-state index contributed by atoms with van der Waals surface area (Å²) in [4.78, 5) is 27.3. The summed E-state index contributed by atoms with van der Waals surface area (Å²) in [6.45, 7) is 0.476. The number of carboxylic acid groups (broad SMARTS) is 1. The van der Waals surface area contributed by atoms with Crippen LogP contribution in [0.1, 0.15) is 50.4 Å². The zero-order valence-electron chi connectivity index (χ0n) is 15.5. The van der Waals surface area contributed by atoms with Crippen LogP contribution in [0.4, 0.5) is 5.69 Å². The first-order chi connectivity index (χ1) is 13.6. The Balaban J connectivity index is 1.64. The summed E-state index contributed by atoms with van der Waals surface area (Å²) in [6.07, 6.45) is 4.54. The molecule has 2 aromatic carbocycles. The van der Waals surface area contributed by atoms with Crippen molar-refractivity contribution in [2.75, 3.05) is 11.9 Å². The molecule has 4 rings (SSSR count). The molecule has 1 aliphatic carbocycles. The van der Waals surface area contributed by atoms with Gasteiger partial charge < -0.3 is 21.1 Å². The van der Waals surface area contributed by atoms with Crippen molar-refractivity contribution < 1.29 is 14.7 Å². The number of carbonyl (C=O) groups is 2. The number of benzene rings is 2. The number of anilines is 1. The first-order valence-electron chi connectivity index (χ1n) is 9.58. The number of amides is 1. The maximum atomic E-state index is 12.8. The van der Waals surface area contributed by atoms with Crippen LogP contribution in [0.3, 0.4) is 0 Å². The van der Waals surface area contributed by atoms with Crippen LogP contribution in [0.15, 0.2) is 36.4 Å². The van der Waals surface area contributed by atoms with Gasteiger partial charge in [0, 0.05) is 22.2 Å². The van der Waals surface area contributed by atoms with Crippen molar-refractivity contribution in [3.05, 3.63) is 64.3 Å². The van der Waals surface area contributed by atoms with Crippen molar-refractivity contribution in [3.8, 4) is 0 Å². The molecule has 0 aliphatic heterocycles. The number of aromatic nitrogens is 1. The minimum absolute atomic E-state index is 0.166. The van der Waals surface area contributed by atoms with E-state index < -0.39 is 5.97 Å². The van der Waals surface area contributed by atoms with Crippen LogP contribution in [0.5, 0.6) is 0 Å². The maximum absolute atomic E-state index is 12.8. The number of carboxylic acids is 1. The summed E-state index contributed by atoms with van der Waals surface area (Å²) in [5.74, 6) is -1.21. The largest absolute Gasteiger partial charge is 0.477 e. The molecule has 1 amide bonds. The van der Waals surface area contributed by atoms with Gasteiger partial charge in [-0.05, 0) is 85.7 Å². The summed E-state index contributed by atoms with van der Waals surface area (Å²) < 4.78 is 0. The summed E-state index contributed by atoms with van der Waals surface area (Å²) >= 11 is 0. The number of nitrogens with one attached hydrogen (secondary N) is 2. The molecule has 0 radical (unpaired) electrons. The number of fused-ring (bicyclic) bond motifs is 2. The number of rotatable bonds is 6. The van der Waals surface area contributed by atoms with Gasteiger partial charge in [0.1, 0.15) is 5.69 Å². The highest BCUT2D eigenvalue weighted by atomic mass is 16.4. The van der Waals surface area contributed by atoms with Crippen molar-refractivity contribution in [1.29, 1.82) is 0 Å². The number of H-pyrrole nitrogens is 1. The molecule has 1 heterocycles. The number of aromatic carboxylic acids is 1. The second kappa shape index (κ2) is 7.48. The second-order valence-electron chi connectivity index (χ2n) is 7.23. The van der Waals surface area contributed by atoms with Crippen molar-refractivity contribution in [3.63, 3.8) is 0 Å². The Morgan fingerprint density at radius 2 is 1.93 bits per heavy atom. The van der Waals surface area contributed by atoms with E-state index in [4.69, 9.17) is 5.73 Å². The van der Waals surface area contributed by atoms with E-state index in [1.54, 1.807) is 18.2 Å². The zero-order chi connectivity index (χ0) is 19.7. The molecule has 1 aliphatic rings. The van der Waals surface area contributed by atoms with Crippen molar-refractivity contribution in [1.82, 2.24) is 4.98 Å². The molecule has 0 fully saturated rings. The summed E-state index contributed by atoms with van der Waals surface area (Å²) in [7, 11) is 0. The number of nitrogens with two attached hydrogens (primary N) is 1. The molecule has 0 saturated carbocycles. The number of aryl methyl sites for hydroxylation is 3. The van der Waals surface area contributed by atoms with E-state index in [9.17, 15) is 14.7 Å². The molecule has 6 nitrogen and oxygen atoms in total. The van der Waals surface area contributed by atoms with Gasteiger partial charge in [-0.3, -0.25) is 4.79 Å². The Morgan fingerprint density at radius 1 is 1.11 bits per heavy atom. The Morgan fingerprint density at radius 3 is 2.71 bits per heavy atom. The van der Waals surface area contributed by atoms with E-state index in [1.165, 1.54) is 11.1 Å². The number of hydrogen-bond acceptors (Lipinski definition) is 3. The number of hydrogen-bond donors (Lipinski definition) is 4. The van der Waals surface area contributed by atoms with Crippen LogP contribution in [0, 0.1) is 0 Å². The summed E-state index contributed by atoms with van der Waals surface area (Å²) in [5.41, 5.74) is 11.1. The Hall–Kier alpha value is -3.12. The quantitative estimate of drug-likeness (QED) is 0.527. The van der Waals surface area contributed by atoms with Crippen LogP contribution in [0.2, 0.25) is 0 Å². The van der Waals surface area contributed by atoms with E-state index in [1.807, 2.05) is 12.1 Å². The molecular weight excluding hydrogens is 354 g/mol. The molecule has 1 aromatic heterocycles. The van der Waals surface area contributed by atoms with Crippen LogP contribution in [-0.4, -0.2) is 28.5 Å². The monoisotopic (exact) mass is 377 g/mol. The van der Waals surface area contributed by atoms with E-state index in [-0.39, 0.29) is 11.6 Å². The third kappa shape index (κ3) is 3.39. The topological polar surface area (TPSA) is 108 Å². The first kappa shape index (κ1) is 18.3. The highest BCUT2D eigenvalue weighted by Crippen LogP contribution is 2.27. The van der Waals surface area contributed by atoms with Gasteiger partial charge in [-0.25, -0.2) is 4.79 Å². The number of aromatic amines is 1. The lowest BCUT2D eigenvalue weighted by Crippen LogP contribution is -2.12. The van der Waals surface area contributed by atoms with Crippen LogP contribution in [-0.2, 0) is 19.3 Å². The van der Waals surface area contributed by atoms with Crippen LogP contribution in [0.25, 0.3) is 10.9 Å². The lowest BCUT2D eigenvalue weighted by Gasteiger charge is -2.08. The van der Waals surface area contributed by atoms with Crippen molar-refractivity contribution in [2.24, 2.45) is 5.73 Å². The molecule has 28 heavy (non-hydrogen) atoms. The van der Waals surface area contributed by atoms with Crippen molar-refractivity contribution in [2.45, 2.75) is 32.1 Å². The molecule has 0 atom stereocenters. The third-order valence-electron chi connectivity index (χ3n) is 5.37. The van der Waals surface area contributed by atoms with Gasteiger partial charge in [-0.2, -0.15) is 0 Å². The average Bonchev–Trinajstić information content (AvgIpc) is 3.29. The third-order valence-corrected chi connectivity index (χ3v) is 5.37. The maximum Gasteiger partial charge on any atom is 0.352 e. The van der Waals surface area contributed by atoms with Gasteiger partial charge >= 0.3 is 5.97 Å². The average molecular weight is 377 g/mol. The van der Waals surface area contributed by atoms with Gasteiger partial charge in [0.25, 0.3) is 5.91 Å². The van der Waals surface area contributed by atoms with Gasteiger partial charge in [-0.15, -0.1) is 0 Å². The Bertz CT molecular complexity index is 1070. The fraction of sp³-hybridized carbons (Fsp3) is 0.273. The molecule has 144 valence electrons. The van der Waals surface area contributed by atoms with Crippen LogP contribution < -0.4 is 11.1 Å². The summed E-state index contributed by atoms with van der Waals surface area (Å²) in [5, 5.41) is 13.2. The molecule has 5 N–H and O–H groups in total. The Kier molecular flexibility index (Phi) is 4.88. The minimum Gasteiger partial charge on any atom is -0.477 e. The van der Waals surface area contributed by atoms with Crippen molar-refractivity contribution >= 4 is 28.5 Å². The predicted octanol–water partition coefficient (Wildman–Crippen LogP) is 3.50. The molecular formula is C22H23N3O3. The lowest BCUT2D eigenvalue weighted by molar-refractivity contribution is 0.0690. The minimum atomic E-state index is -1.01. The highest BCUT2D eigenvalue weighted by Gasteiger charge is 2.18. The van der Waals surface area contributed by atoms with Crippen LogP contribution >= 0.6 is 0 Å². The molecule has 0 spiro atoms. The molecule has 3 aromatic rings. The van der Waals surface area contributed by atoms with Gasteiger partial charge in [-0.1, -0.05) is 6.07 Å². The van der Waals surface area contributed by atoms with Gasteiger partial charge in [0.15, 0.2) is 0 Å².